The van der Waals surface area contributed by atoms with Crippen molar-refractivity contribution in [2.75, 3.05) is 0 Å². The first-order valence-corrected chi connectivity index (χ1v) is 3.17. The van der Waals surface area contributed by atoms with E-state index in [0.29, 0.717) is 0 Å². The van der Waals surface area contributed by atoms with Crippen LogP contribution in [0.25, 0.3) is 5.65 Å². The highest BCUT2D eigenvalue weighted by molar-refractivity contribution is 5.40. The van der Waals surface area contributed by atoms with Gasteiger partial charge in [0.15, 0.2) is 0 Å². The molecule has 49 valence electrons. The van der Waals surface area contributed by atoms with Gasteiger partial charge in [-0.05, 0) is 18.6 Å². The van der Waals surface area contributed by atoms with Gasteiger partial charge in [-0.3, -0.25) is 0 Å². The van der Waals surface area contributed by atoms with Crippen LogP contribution in [0.4, 0.5) is 0 Å². The maximum absolute atomic E-state index is 4.12. The van der Waals surface area contributed by atoms with E-state index in [9.17, 15) is 0 Å². The van der Waals surface area contributed by atoms with Crippen LogP contribution in [0.5, 0.6) is 0 Å². The molecule has 2 aromatic rings. The largest absolute Gasteiger partial charge is 0.306 e. The molecule has 1 radical (unpaired) electrons. The van der Waals surface area contributed by atoms with Crippen molar-refractivity contribution in [3.63, 3.8) is 0 Å². The summed E-state index contributed by atoms with van der Waals surface area (Å²) in [6.07, 6.45) is 5.57. The number of fused-ring (bicyclic) bond motifs is 1. The van der Waals surface area contributed by atoms with Gasteiger partial charge < -0.3 is 4.40 Å². The number of rotatable bonds is 0. The zero-order valence-corrected chi connectivity index (χ0v) is 5.70. The van der Waals surface area contributed by atoms with E-state index in [1.807, 2.05) is 29.8 Å². The van der Waals surface area contributed by atoms with Gasteiger partial charge in [0, 0.05) is 24.7 Å². The number of nitrogens with zero attached hydrogens (tertiary/aromatic N) is 2. The Hall–Kier alpha value is -1.31. The second-order valence-electron chi connectivity index (χ2n) is 2.29. The van der Waals surface area contributed by atoms with Gasteiger partial charge in [0.25, 0.3) is 0 Å². The summed E-state index contributed by atoms with van der Waals surface area (Å²) in [5.41, 5.74) is 2.11. The normalized spacial score (nSPS) is 10.5. The molecule has 0 amide bonds. The molecule has 2 nitrogen and oxygen atoms in total. The Kier molecular flexibility index (Phi) is 1.01. The molecule has 0 saturated heterocycles. The highest BCUT2D eigenvalue weighted by atomic mass is 15.0. The molecule has 10 heavy (non-hydrogen) atoms. The first-order valence-electron chi connectivity index (χ1n) is 3.17. The Morgan fingerprint density at radius 1 is 1.60 bits per heavy atom. The molecule has 0 aromatic carbocycles. The van der Waals surface area contributed by atoms with Crippen LogP contribution in [-0.2, 0) is 0 Å². The van der Waals surface area contributed by atoms with E-state index in [2.05, 4.69) is 11.1 Å². The van der Waals surface area contributed by atoms with Gasteiger partial charge in [0.2, 0.25) is 0 Å². The van der Waals surface area contributed by atoms with E-state index in [-0.39, 0.29) is 0 Å². The summed E-state index contributed by atoms with van der Waals surface area (Å²) in [5.74, 6) is 0. The molecule has 0 fully saturated rings. The van der Waals surface area contributed by atoms with Crippen LogP contribution in [0.2, 0.25) is 0 Å². The average molecular weight is 131 g/mol. The SMILES string of the molecule is Cc1[c]cn2ccnc2c1. The molecule has 0 aliphatic carbocycles. The van der Waals surface area contributed by atoms with Crippen LogP contribution in [-0.4, -0.2) is 9.38 Å². The first kappa shape index (κ1) is 5.47. The molecule has 2 rings (SSSR count). The molecule has 0 bridgehead atoms. The van der Waals surface area contributed by atoms with Gasteiger partial charge in [0.05, 0.1) is 0 Å². The molecule has 0 aliphatic rings. The molecule has 0 unspecified atom stereocenters. The third-order valence-corrected chi connectivity index (χ3v) is 1.48. The molecular weight excluding hydrogens is 124 g/mol. The Bertz CT molecular complexity index is 349. The van der Waals surface area contributed by atoms with E-state index in [0.717, 1.165) is 11.2 Å². The van der Waals surface area contributed by atoms with E-state index < -0.39 is 0 Å². The maximum Gasteiger partial charge on any atom is 0.136 e. The van der Waals surface area contributed by atoms with Gasteiger partial charge in [-0.25, -0.2) is 4.98 Å². The molecule has 0 N–H and O–H groups in total. The molecule has 2 heterocycles. The lowest BCUT2D eigenvalue weighted by atomic mass is 10.3. The average Bonchev–Trinajstić information content (AvgIpc) is 2.33. The summed E-state index contributed by atoms with van der Waals surface area (Å²) in [5, 5.41) is 0. The van der Waals surface area contributed by atoms with Crippen molar-refractivity contribution in [3.05, 3.63) is 36.3 Å². The summed E-state index contributed by atoms with van der Waals surface area (Å²) in [6.45, 7) is 2.01. The Morgan fingerprint density at radius 3 is 3.40 bits per heavy atom. The number of pyridine rings is 1. The zero-order chi connectivity index (χ0) is 6.97. The minimum absolute atomic E-state index is 0.983. The third kappa shape index (κ3) is 0.692. The standard InChI is InChI=1S/C8H7N2/c1-7-2-4-10-5-3-9-8(10)6-7/h3-6H,1H3. The van der Waals surface area contributed by atoms with Crippen molar-refractivity contribution in [3.8, 4) is 0 Å². The number of hydrogen-bond acceptors (Lipinski definition) is 1. The van der Waals surface area contributed by atoms with Crippen molar-refractivity contribution < 1.29 is 0 Å². The fourth-order valence-corrected chi connectivity index (χ4v) is 0.952. The minimum atomic E-state index is 0.983. The van der Waals surface area contributed by atoms with Crippen molar-refractivity contribution in [1.82, 2.24) is 9.38 Å². The molecule has 0 atom stereocenters. The van der Waals surface area contributed by atoms with Gasteiger partial charge in [-0.15, -0.1) is 0 Å². The van der Waals surface area contributed by atoms with Gasteiger partial charge in [0.1, 0.15) is 5.65 Å². The topological polar surface area (TPSA) is 17.3 Å². The number of aromatic nitrogens is 2. The van der Waals surface area contributed by atoms with Crippen LogP contribution in [0.3, 0.4) is 0 Å². The first-order chi connectivity index (χ1) is 4.86. The van der Waals surface area contributed by atoms with Crippen LogP contribution >= 0.6 is 0 Å². The fourth-order valence-electron chi connectivity index (χ4n) is 0.952. The van der Waals surface area contributed by atoms with Crippen molar-refractivity contribution >= 4 is 5.65 Å². The highest BCUT2D eigenvalue weighted by Crippen LogP contribution is 2.01. The summed E-state index contributed by atoms with van der Waals surface area (Å²) >= 11 is 0. The molecule has 2 aromatic heterocycles. The lowest BCUT2D eigenvalue weighted by molar-refractivity contribution is 1.17. The molecule has 0 saturated carbocycles. The van der Waals surface area contributed by atoms with Crippen LogP contribution < -0.4 is 0 Å². The molecule has 2 heteroatoms. The molecule has 0 spiro atoms. The molecule has 0 aliphatic heterocycles. The highest BCUT2D eigenvalue weighted by Gasteiger charge is 1.90. The van der Waals surface area contributed by atoms with E-state index in [1.165, 1.54) is 0 Å². The Labute approximate surface area is 59.1 Å². The second kappa shape index (κ2) is 1.84. The van der Waals surface area contributed by atoms with Gasteiger partial charge >= 0.3 is 0 Å². The summed E-state index contributed by atoms with van der Waals surface area (Å²) in [7, 11) is 0. The van der Waals surface area contributed by atoms with Crippen LogP contribution in [0.1, 0.15) is 5.56 Å². The Balaban J connectivity index is 2.86. The molecular formula is C8H7N2. The summed E-state index contributed by atoms with van der Waals surface area (Å²) in [4.78, 5) is 4.12. The van der Waals surface area contributed by atoms with Crippen molar-refractivity contribution in [2.45, 2.75) is 6.92 Å². The monoisotopic (exact) mass is 131 g/mol. The predicted molar refractivity (Wildman–Crippen MR) is 38.8 cm³/mol. The smallest absolute Gasteiger partial charge is 0.136 e. The minimum Gasteiger partial charge on any atom is -0.306 e. The summed E-state index contributed by atoms with van der Waals surface area (Å²) < 4.78 is 1.94. The Morgan fingerprint density at radius 2 is 2.50 bits per heavy atom. The van der Waals surface area contributed by atoms with Gasteiger partial charge in [-0.2, -0.15) is 0 Å². The number of hydrogen-bond donors (Lipinski definition) is 0. The van der Waals surface area contributed by atoms with Gasteiger partial charge in [-0.1, -0.05) is 0 Å². The number of aryl methyl sites for hydroxylation is 1. The lowest BCUT2D eigenvalue weighted by Crippen LogP contribution is -1.82. The predicted octanol–water partition coefficient (Wildman–Crippen LogP) is 1.44. The lowest BCUT2D eigenvalue weighted by Gasteiger charge is -1.91. The van der Waals surface area contributed by atoms with Crippen molar-refractivity contribution in [1.29, 1.82) is 0 Å². The quantitative estimate of drug-likeness (QED) is 0.529. The third-order valence-electron chi connectivity index (χ3n) is 1.48. The summed E-state index contributed by atoms with van der Waals surface area (Å²) in [6, 6.07) is 5.08. The van der Waals surface area contributed by atoms with Crippen LogP contribution in [0.15, 0.2) is 24.7 Å². The van der Waals surface area contributed by atoms with Crippen molar-refractivity contribution in [2.24, 2.45) is 0 Å². The maximum atomic E-state index is 4.12. The van der Waals surface area contributed by atoms with E-state index in [1.54, 1.807) is 6.20 Å². The van der Waals surface area contributed by atoms with E-state index in [4.69, 9.17) is 0 Å². The number of imidazole rings is 1. The second-order valence-corrected chi connectivity index (χ2v) is 2.29. The van der Waals surface area contributed by atoms with E-state index >= 15 is 0 Å². The fraction of sp³-hybridized carbons (Fsp3) is 0.125. The van der Waals surface area contributed by atoms with Crippen LogP contribution in [0, 0.1) is 13.0 Å². The zero-order valence-electron chi connectivity index (χ0n) is 5.70.